The normalized spacial score (nSPS) is 15.2. The third kappa shape index (κ3) is 4.26. The fourth-order valence-corrected chi connectivity index (χ4v) is 3.43. The van der Waals surface area contributed by atoms with Gasteiger partial charge in [0.1, 0.15) is 12.4 Å². The van der Waals surface area contributed by atoms with E-state index in [1.807, 2.05) is 6.07 Å². The van der Waals surface area contributed by atoms with E-state index in [9.17, 15) is 23.2 Å². The van der Waals surface area contributed by atoms with E-state index in [4.69, 9.17) is 5.26 Å². The van der Waals surface area contributed by atoms with E-state index in [0.29, 0.717) is 30.0 Å². The lowest BCUT2D eigenvalue weighted by molar-refractivity contribution is -0.137. The van der Waals surface area contributed by atoms with Crippen LogP contribution < -0.4 is 5.32 Å². The number of hydrogen-bond acceptors (Lipinski definition) is 6. The minimum Gasteiger partial charge on any atom is -0.342 e. The molecule has 1 aliphatic carbocycles. The molecular weight excluding hydrogens is 435 g/mol. The van der Waals surface area contributed by atoms with Crippen molar-refractivity contribution < 1.29 is 18.0 Å². The molecule has 0 radical (unpaired) electrons. The molecule has 33 heavy (non-hydrogen) atoms. The molecule has 1 unspecified atom stereocenters. The molecule has 3 aromatic rings. The van der Waals surface area contributed by atoms with Crippen molar-refractivity contribution in [1.29, 1.82) is 10.5 Å². The van der Waals surface area contributed by atoms with Gasteiger partial charge in [-0.05, 0) is 55.7 Å². The number of aromatic nitrogens is 4. The average molecular weight is 451 g/mol. The highest BCUT2D eigenvalue weighted by Gasteiger charge is 2.46. The molecule has 2 aromatic heterocycles. The summed E-state index contributed by atoms with van der Waals surface area (Å²) in [6.45, 7) is 1.61. The van der Waals surface area contributed by atoms with Gasteiger partial charge in [0, 0.05) is 11.8 Å². The number of nitriles is 2. The molecular formula is C22H16F3N7O. The Bertz CT molecular complexity index is 1300. The second-order valence-electron chi connectivity index (χ2n) is 7.73. The summed E-state index contributed by atoms with van der Waals surface area (Å²) in [7, 11) is 0. The number of nitrogens with zero attached hydrogens (tertiary/aromatic N) is 6. The second-order valence-corrected chi connectivity index (χ2v) is 7.73. The van der Waals surface area contributed by atoms with Crippen LogP contribution in [-0.4, -0.2) is 25.7 Å². The van der Waals surface area contributed by atoms with E-state index >= 15 is 0 Å². The standard InChI is InChI=1S/C22H16F3N7O/c1-13(19-29-12-30-32(19)18-3-2-14(9-26)10-28-18)31-20(33)15-6-16(21(11-27)4-5-21)8-17(7-15)22(23,24)25/h2-3,6-8,10,12-13H,4-5H2,1H3,(H,31,33). The highest BCUT2D eigenvalue weighted by molar-refractivity contribution is 5.95. The number of carbonyl (C=O) groups is 1. The molecule has 166 valence electrons. The van der Waals surface area contributed by atoms with E-state index in [-0.39, 0.29) is 11.1 Å². The van der Waals surface area contributed by atoms with Crippen molar-refractivity contribution in [3.05, 3.63) is 70.9 Å². The van der Waals surface area contributed by atoms with Crippen LogP contribution in [0.4, 0.5) is 13.2 Å². The quantitative estimate of drug-likeness (QED) is 0.633. The number of pyridine rings is 1. The Balaban J connectivity index is 1.62. The van der Waals surface area contributed by atoms with Gasteiger partial charge in [-0.15, -0.1) is 0 Å². The van der Waals surface area contributed by atoms with E-state index in [0.717, 1.165) is 12.1 Å². The monoisotopic (exact) mass is 451 g/mol. The first-order valence-electron chi connectivity index (χ1n) is 9.88. The van der Waals surface area contributed by atoms with Crippen LogP contribution >= 0.6 is 0 Å². The first-order chi connectivity index (χ1) is 15.7. The van der Waals surface area contributed by atoms with Gasteiger partial charge in [-0.1, -0.05) is 0 Å². The van der Waals surface area contributed by atoms with Crippen molar-refractivity contribution in [2.75, 3.05) is 0 Å². The van der Waals surface area contributed by atoms with Crippen LogP contribution in [0, 0.1) is 22.7 Å². The second kappa shape index (κ2) is 8.02. The van der Waals surface area contributed by atoms with Crippen LogP contribution in [0.1, 0.15) is 58.7 Å². The number of amides is 1. The van der Waals surface area contributed by atoms with Crippen molar-refractivity contribution in [3.8, 4) is 18.0 Å². The SMILES string of the molecule is CC(NC(=O)c1cc(C(F)(F)F)cc(C2(C#N)CC2)c1)c1ncnn1-c1ccc(C#N)cn1. The minimum atomic E-state index is -4.66. The Labute approximate surface area is 186 Å². The Morgan fingerprint density at radius 1 is 1.21 bits per heavy atom. The number of halogens is 3. The van der Waals surface area contributed by atoms with Crippen LogP contribution in [-0.2, 0) is 11.6 Å². The predicted molar refractivity (Wildman–Crippen MR) is 108 cm³/mol. The molecule has 8 nitrogen and oxygen atoms in total. The highest BCUT2D eigenvalue weighted by Crippen LogP contribution is 2.48. The maximum absolute atomic E-state index is 13.4. The zero-order valence-corrected chi connectivity index (χ0v) is 17.3. The number of benzene rings is 1. The van der Waals surface area contributed by atoms with Gasteiger partial charge in [0.05, 0.1) is 28.7 Å². The molecule has 11 heteroatoms. The van der Waals surface area contributed by atoms with Crippen LogP contribution in [0.5, 0.6) is 0 Å². The summed E-state index contributed by atoms with van der Waals surface area (Å²) in [4.78, 5) is 21.1. The van der Waals surface area contributed by atoms with Crippen molar-refractivity contribution in [2.24, 2.45) is 0 Å². The van der Waals surface area contributed by atoms with E-state index < -0.39 is 29.1 Å². The molecule has 4 rings (SSSR count). The summed E-state index contributed by atoms with van der Waals surface area (Å²) in [5, 5.41) is 25.0. The summed E-state index contributed by atoms with van der Waals surface area (Å²) in [5.74, 6) is -0.0944. The molecule has 0 aliphatic heterocycles. The average Bonchev–Trinajstić information content (AvgIpc) is 3.46. The number of rotatable bonds is 5. The lowest BCUT2D eigenvalue weighted by Crippen LogP contribution is -2.29. The molecule has 0 saturated heterocycles. The van der Waals surface area contributed by atoms with Gasteiger partial charge in [0.2, 0.25) is 0 Å². The lowest BCUT2D eigenvalue weighted by Gasteiger charge is -2.17. The van der Waals surface area contributed by atoms with E-state index in [2.05, 4.69) is 26.5 Å². The summed E-state index contributed by atoms with van der Waals surface area (Å²) >= 11 is 0. The van der Waals surface area contributed by atoms with Gasteiger partial charge < -0.3 is 5.32 Å². The first kappa shape index (κ1) is 22.0. The zero-order chi connectivity index (χ0) is 23.8. The lowest BCUT2D eigenvalue weighted by atomic mass is 9.93. The zero-order valence-electron chi connectivity index (χ0n) is 17.3. The number of alkyl halides is 3. The fourth-order valence-electron chi connectivity index (χ4n) is 3.43. The summed E-state index contributed by atoms with van der Waals surface area (Å²) in [5.41, 5.74) is -1.63. The predicted octanol–water partition coefficient (Wildman–Crippen LogP) is 3.60. The van der Waals surface area contributed by atoms with Crippen LogP contribution in [0.2, 0.25) is 0 Å². The topological polar surface area (TPSA) is 120 Å². The molecule has 1 saturated carbocycles. The number of carbonyl (C=O) groups excluding carboxylic acids is 1. The van der Waals surface area contributed by atoms with Crippen molar-refractivity contribution in [2.45, 2.75) is 37.4 Å². The summed E-state index contributed by atoms with van der Waals surface area (Å²) in [6.07, 6.45) is -1.16. The molecule has 2 heterocycles. The van der Waals surface area contributed by atoms with Crippen molar-refractivity contribution in [3.63, 3.8) is 0 Å². The van der Waals surface area contributed by atoms with Gasteiger partial charge in [-0.3, -0.25) is 4.79 Å². The third-order valence-corrected chi connectivity index (χ3v) is 5.44. The van der Waals surface area contributed by atoms with Crippen LogP contribution in [0.25, 0.3) is 5.82 Å². The summed E-state index contributed by atoms with van der Waals surface area (Å²) in [6, 6.07) is 9.42. The molecule has 1 amide bonds. The van der Waals surface area contributed by atoms with E-state index in [1.165, 1.54) is 23.3 Å². The molecule has 1 aliphatic rings. The Kier molecular flexibility index (Phi) is 5.34. The Morgan fingerprint density at radius 3 is 2.55 bits per heavy atom. The maximum Gasteiger partial charge on any atom is 0.416 e. The number of nitrogens with one attached hydrogen (secondary N) is 1. The summed E-state index contributed by atoms with van der Waals surface area (Å²) < 4.78 is 41.7. The molecule has 1 N–H and O–H groups in total. The van der Waals surface area contributed by atoms with Gasteiger partial charge in [-0.2, -0.15) is 33.5 Å². The maximum atomic E-state index is 13.4. The fraction of sp³-hybridized carbons (Fsp3) is 0.273. The van der Waals surface area contributed by atoms with Crippen molar-refractivity contribution >= 4 is 5.91 Å². The first-order valence-corrected chi connectivity index (χ1v) is 9.88. The third-order valence-electron chi connectivity index (χ3n) is 5.44. The van der Waals surface area contributed by atoms with Crippen LogP contribution in [0.15, 0.2) is 42.9 Å². The molecule has 0 bridgehead atoms. The Morgan fingerprint density at radius 2 is 1.97 bits per heavy atom. The molecule has 1 fully saturated rings. The van der Waals surface area contributed by atoms with E-state index in [1.54, 1.807) is 19.1 Å². The van der Waals surface area contributed by atoms with Gasteiger partial charge >= 0.3 is 6.18 Å². The highest BCUT2D eigenvalue weighted by atomic mass is 19.4. The Hall–Kier alpha value is -4.25. The number of hydrogen-bond donors (Lipinski definition) is 1. The molecule has 1 aromatic carbocycles. The smallest absolute Gasteiger partial charge is 0.342 e. The van der Waals surface area contributed by atoms with Crippen molar-refractivity contribution in [1.82, 2.24) is 25.1 Å². The van der Waals surface area contributed by atoms with Gasteiger partial charge in [-0.25, -0.2) is 9.97 Å². The van der Waals surface area contributed by atoms with Crippen LogP contribution in [0.3, 0.4) is 0 Å². The van der Waals surface area contributed by atoms with Gasteiger partial charge in [0.25, 0.3) is 5.91 Å². The minimum absolute atomic E-state index is 0.183. The van der Waals surface area contributed by atoms with Gasteiger partial charge in [0.15, 0.2) is 11.6 Å². The molecule has 1 atom stereocenters. The molecule has 0 spiro atoms. The largest absolute Gasteiger partial charge is 0.416 e.